The van der Waals surface area contributed by atoms with Gasteiger partial charge in [0.05, 0.1) is 11.0 Å². The normalized spacial score (nSPS) is 23.7. The van der Waals surface area contributed by atoms with E-state index in [1.807, 2.05) is 6.07 Å². The van der Waals surface area contributed by atoms with Crippen LogP contribution in [0.3, 0.4) is 0 Å². The summed E-state index contributed by atoms with van der Waals surface area (Å²) in [6.45, 7) is 1.80. The molecule has 1 aromatic carbocycles. The summed E-state index contributed by atoms with van der Waals surface area (Å²) in [4.78, 5) is 0.336. The van der Waals surface area contributed by atoms with Gasteiger partial charge in [0.1, 0.15) is 0 Å². The third kappa shape index (κ3) is 3.56. The Morgan fingerprint density at radius 2 is 2.11 bits per heavy atom. The van der Waals surface area contributed by atoms with Crippen LogP contribution in [0.15, 0.2) is 27.6 Å². The molecule has 1 N–H and O–H groups in total. The van der Waals surface area contributed by atoms with Gasteiger partial charge in [0.2, 0.25) is 10.0 Å². The highest BCUT2D eigenvalue weighted by molar-refractivity contribution is 9.10. The summed E-state index contributed by atoms with van der Waals surface area (Å²) in [6.07, 6.45) is 2.63. The molecular weight excluding hydrogens is 330 g/mol. The van der Waals surface area contributed by atoms with Crippen molar-refractivity contribution in [3.05, 3.63) is 28.2 Å². The lowest BCUT2D eigenvalue weighted by atomic mass is 10.2. The van der Waals surface area contributed by atoms with Crippen molar-refractivity contribution < 1.29 is 13.2 Å². The fraction of sp³-hybridized carbons (Fsp3) is 0.538. The van der Waals surface area contributed by atoms with Crippen LogP contribution >= 0.6 is 15.9 Å². The van der Waals surface area contributed by atoms with Gasteiger partial charge in [-0.3, -0.25) is 0 Å². The van der Waals surface area contributed by atoms with Crippen molar-refractivity contribution in [2.45, 2.75) is 43.2 Å². The number of hydrogen-bond donors (Lipinski definition) is 1. The second-order valence-electron chi connectivity index (χ2n) is 4.90. The van der Waals surface area contributed by atoms with Crippen molar-refractivity contribution in [1.29, 1.82) is 0 Å². The van der Waals surface area contributed by atoms with E-state index in [4.69, 9.17) is 4.74 Å². The molecule has 2 unspecified atom stereocenters. The van der Waals surface area contributed by atoms with Gasteiger partial charge in [0.25, 0.3) is 0 Å². The summed E-state index contributed by atoms with van der Waals surface area (Å²) >= 11 is 3.31. The number of hydrogen-bond acceptors (Lipinski definition) is 3. The summed E-state index contributed by atoms with van der Waals surface area (Å²) in [7, 11) is -1.80. The van der Waals surface area contributed by atoms with Crippen molar-refractivity contribution in [3.63, 3.8) is 0 Å². The van der Waals surface area contributed by atoms with E-state index in [1.54, 1.807) is 26.2 Å². The number of aryl methyl sites for hydroxylation is 1. The number of benzene rings is 1. The molecule has 0 radical (unpaired) electrons. The molecule has 1 aliphatic carbocycles. The van der Waals surface area contributed by atoms with Crippen LogP contribution in [0.2, 0.25) is 0 Å². The Balaban J connectivity index is 2.17. The monoisotopic (exact) mass is 347 g/mol. The molecule has 1 aromatic rings. The zero-order valence-electron chi connectivity index (χ0n) is 11.0. The second-order valence-corrected chi connectivity index (χ2v) is 7.50. The first-order chi connectivity index (χ1) is 8.92. The van der Waals surface area contributed by atoms with Crippen LogP contribution in [0.1, 0.15) is 24.8 Å². The minimum Gasteiger partial charge on any atom is -0.381 e. The zero-order chi connectivity index (χ0) is 14.0. The molecule has 1 saturated carbocycles. The molecule has 1 aliphatic rings. The van der Waals surface area contributed by atoms with E-state index in [0.29, 0.717) is 4.90 Å². The number of methoxy groups -OCH3 is 1. The van der Waals surface area contributed by atoms with E-state index in [1.165, 1.54) is 0 Å². The Morgan fingerprint density at radius 1 is 1.37 bits per heavy atom. The maximum atomic E-state index is 12.4. The summed E-state index contributed by atoms with van der Waals surface area (Å²) in [6, 6.07) is 5.24. The number of rotatable bonds is 4. The molecule has 0 saturated heterocycles. The first-order valence-corrected chi connectivity index (χ1v) is 8.51. The minimum atomic E-state index is -3.46. The molecule has 0 bridgehead atoms. The SMILES string of the molecule is COC1CCC(NS(=O)(=O)c2cc(Br)ccc2C)C1. The van der Waals surface area contributed by atoms with E-state index >= 15 is 0 Å². The Hall–Kier alpha value is -0.430. The zero-order valence-corrected chi connectivity index (χ0v) is 13.4. The molecule has 2 atom stereocenters. The molecule has 2 rings (SSSR count). The summed E-state index contributed by atoms with van der Waals surface area (Å²) in [5, 5.41) is 0. The summed E-state index contributed by atoms with van der Waals surface area (Å²) in [5.74, 6) is 0. The van der Waals surface area contributed by atoms with Crippen LogP contribution in [0, 0.1) is 6.92 Å². The third-order valence-corrected chi connectivity index (χ3v) is 5.64. The maximum Gasteiger partial charge on any atom is 0.241 e. The molecule has 0 aliphatic heterocycles. The van der Waals surface area contributed by atoms with E-state index < -0.39 is 10.0 Å². The van der Waals surface area contributed by atoms with Crippen LogP contribution in [0.4, 0.5) is 0 Å². The van der Waals surface area contributed by atoms with Crippen molar-refractivity contribution in [3.8, 4) is 0 Å². The predicted molar refractivity (Wildman–Crippen MR) is 77.6 cm³/mol. The average molecular weight is 348 g/mol. The van der Waals surface area contributed by atoms with Crippen LogP contribution in [-0.4, -0.2) is 27.7 Å². The molecule has 4 nitrogen and oxygen atoms in total. The molecule has 0 aromatic heterocycles. The Kier molecular flexibility index (Phi) is 4.66. The van der Waals surface area contributed by atoms with Gasteiger partial charge in [0.15, 0.2) is 0 Å². The van der Waals surface area contributed by atoms with Gasteiger partial charge in [0, 0.05) is 17.6 Å². The van der Waals surface area contributed by atoms with Gasteiger partial charge in [-0.05, 0) is 43.9 Å². The predicted octanol–water partition coefficient (Wildman–Crippen LogP) is 2.60. The molecule has 0 heterocycles. The highest BCUT2D eigenvalue weighted by Gasteiger charge is 2.29. The van der Waals surface area contributed by atoms with Crippen molar-refractivity contribution in [2.24, 2.45) is 0 Å². The lowest BCUT2D eigenvalue weighted by Gasteiger charge is -2.15. The van der Waals surface area contributed by atoms with Crippen LogP contribution in [0.25, 0.3) is 0 Å². The summed E-state index contributed by atoms with van der Waals surface area (Å²) < 4.78 is 33.6. The lowest BCUT2D eigenvalue weighted by molar-refractivity contribution is 0.107. The first kappa shape index (κ1) is 15.0. The van der Waals surface area contributed by atoms with Crippen molar-refractivity contribution >= 4 is 26.0 Å². The molecule has 19 heavy (non-hydrogen) atoms. The fourth-order valence-corrected chi connectivity index (χ4v) is 4.47. The molecule has 6 heteroatoms. The van der Waals surface area contributed by atoms with Crippen molar-refractivity contribution in [2.75, 3.05) is 7.11 Å². The Bertz CT molecular complexity index is 559. The average Bonchev–Trinajstić information content (AvgIpc) is 2.79. The minimum absolute atomic E-state index is 0.0340. The van der Waals surface area contributed by atoms with Gasteiger partial charge in [-0.25, -0.2) is 13.1 Å². The molecule has 0 spiro atoms. The number of sulfonamides is 1. The number of ether oxygens (including phenoxy) is 1. The van der Waals surface area contributed by atoms with Gasteiger partial charge in [-0.15, -0.1) is 0 Å². The highest BCUT2D eigenvalue weighted by Crippen LogP contribution is 2.25. The lowest BCUT2D eigenvalue weighted by Crippen LogP contribution is -2.33. The van der Waals surface area contributed by atoms with E-state index in [0.717, 1.165) is 29.3 Å². The smallest absolute Gasteiger partial charge is 0.241 e. The molecule has 106 valence electrons. The highest BCUT2D eigenvalue weighted by atomic mass is 79.9. The van der Waals surface area contributed by atoms with Gasteiger partial charge < -0.3 is 4.74 Å². The van der Waals surface area contributed by atoms with E-state index in [-0.39, 0.29) is 12.1 Å². The standard InChI is InChI=1S/C13H18BrNO3S/c1-9-3-4-10(14)7-13(9)19(16,17)15-11-5-6-12(8-11)18-2/h3-4,7,11-12,15H,5-6,8H2,1-2H3. The largest absolute Gasteiger partial charge is 0.381 e. The van der Waals surface area contributed by atoms with Crippen LogP contribution in [0.5, 0.6) is 0 Å². The maximum absolute atomic E-state index is 12.4. The van der Waals surface area contributed by atoms with Gasteiger partial charge in [-0.2, -0.15) is 0 Å². The molecule has 0 amide bonds. The number of halogens is 1. The van der Waals surface area contributed by atoms with Crippen LogP contribution < -0.4 is 4.72 Å². The third-order valence-electron chi connectivity index (χ3n) is 3.48. The van der Waals surface area contributed by atoms with E-state index in [2.05, 4.69) is 20.7 Å². The van der Waals surface area contributed by atoms with Crippen LogP contribution in [-0.2, 0) is 14.8 Å². The molecular formula is C13H18BrNO3S. The Labute approximate surface area is 122 Å². The van der Waals surface area contributed by atoms with E-state index in [9.17, 15) is 8.42 Å². The Morgan fingerprint density at radius 3 is 2.74 bits per heavy atom. The summed E-state index contributed by atoms with van der Waals surface area (Å²) in [5.41, 5.74) is 0.747. The molecule has 1 fully saturated rings. The van der Waals surface area contributed by atoms with Gasteiger partial charge in [-0.1, -0.05) is 22.0 Å². The number of nitrogens with one attached hydrogen (secondary N) is 1. The first-order valence-electron chi connectivity index (χ1n) is 6.23. The van der Waals surface area contributed by atoms with Crippen molar-refractivity contribution in [1.82, 2.24) is 4.72 Å². The topological polar surface area (TPSA) is 55.4 Å². The quantitative estimate of drug-likeness (QED) is 0.910. The fourth-order valence-electron chi connectivity index (χ4n) is 2.41. The van der Waals surface area contributed by atoms with Gasteiger partial charge >= 0.3 is 0 Å². The second kappa shape index (κ2) is 5.91.